The van der Waals surface area contributed by atoms with E-state index >= 15 is 0 Å². The first-order valence-electron chi connectivity index (χ1n) is 8.81. The van der Waals surface area contributed by atoms with Crippen molar-refractivity contribution in [1.82, 2.24) is 14.5 Å². The van der Waals surface area contributed by atoms with Crippen molar-refractivity contribution in [2.24, 2.45) is 0 Å². The number of imidazole rings is 1. The predicted octanol–water partition coefficient (Wildman–Crippen LogP) is -0.490. The van der Waals surface area contributed by atoms with Gasteiger partial charge in [0.05, 0.1) is 24.1 Å². The number of fused-ring (bicyclic) bond motifs is 1. The van der Waals surface area contributed by atoms with Gasteiger partial charge in [-0.25, -0.2) is 9.88 Å². The van der Waals surface area contributed by atoms with Crippen LogP contribution in [0, 0.1) is 0 Å². The van der Waals surface area contributed by atoms with Crippen LogP contribution in [0.5, 0.6) is 0 Å². The molecule has 2 aromatic carbocycles. The fourth-order valence-electron chi connectivity index (χ4n) is 3.47. The van der Waals surface area contributed by atoms with E-state index in [0.29, 0.717) is 16.1 Å². The van der Waals surface area contributed by atoms with Crippen molar-refractivity contribution in [1.29, 1.82) is 0 Å². The largest absolute Gasteiger partial charge is 0.360 e. The Morgan fingerprint density at radius 1 is 0.931 bits per heavy atom. The smallest absolute Gasteiger partial charge is 0.287 e. The Hall–Kier alpha value is -2.08. The van der Waals surface area contributed by atoms with Crippen molar-refractivity contribution in [3.05, 3.63) is 64.9 Å². The molecule has 29 heavy (non-hydrogen) atoms. The van der Waals surface area contributed by atoms with E-state index in [1.165, 1.54) is 0 Å². The Balaban J connectivity index is 1.79. The van der Waals surface area contributed by atoms with E-state index in [4.69, 9.17) is 11.6 Å². The van der Waals surface area contributed by atoms with Crippen LogP contribution in [0.15, 0.2) is 48.5 Å². The van der Waals surface area contributed by atoms with Gasteiger partial charge in [-0.05, 0) is 29.8 Å². The Morgan fingerprint density at radius 3 is 2.14 bits per heavy atom. The van der Waals surface area contributed by atoms with Crippen LogP contribution in [-0.2, 0) is 12.5 Å². The van der Waals surface area contributed by atoms with Crippen LogP contribution in [0.3, 0.4) is 0 Å². The van der Waals surface area contributed by atoms with E-state index in [-0.39, 0.29) is 12.4 Å². The number of nitrogens with zero attached hydrogens (tertiary/aromatic N) is 3. The zero-order chi connectivity index (χ0) is 21.0. The van der Waals surface area contributed by atoms with Crippen molar-refractivity contribution in [3.8, 4) is 0 Å². The number of rotatable bonds is 4. The van der Waals surface area contributed by atoms with E-state index < -0.39 is 30.6 Å². The standard InChI is InChI=1S/C19H20ClN3O6/c20-13-7-5-12(6-8-13)9-23-15-4-2-1-3-14(15)21-16(23)19(28,29)22-10-17(24,25)18(26,27)11-22/h1-8,24-29H,9-11H2. The highest BCUT2D eigenvalue weighted by atomic mass is 35.5. The van der Waals surface area contributed by atoms with Crippen LogP contribution in [0.1, 0.15) is 11.4 Å². The lowest BCUT2D eigenvalue weighted by Gasteiger charge is -2.31. The summed E-state index contributed by atoms with van der Waals surface area (Å²) in [6, 6.07) is 14.0. The van der Waals surface area contributed by atoms with E-state index in [1.807, 2.05) is 0 Å². The van der Waals surface area contributed by atoms with E-state index in [0.717, 1.165) is 10.5 Å². The molecule has 1 aromatic heterocycles. The molecule has 0 aliphatic carbocycles. The lowest BCUT2D eigenvalue weighted by atomic mass is 10.1. The number of hydrogen-bond donors (Lipinski definition) is 6. The van der Waals surface area contributed by atoms with Gasteiger partial charge in [-0.1, -0.05) is 35.9 Å². The van der Waals surface area contributed by atoms with E-state index in [2.05, 4.69) is 4.98 Å². The number of aliphatic hydroxyl groups is 6. The van der Waals surface area contributed by atoms with E-state index in [9.17, 15) is 30.6 Å². The third kappa shape index (κ3) is 3.41. The van der Waals surface area contributed by atoms with Gasteiger partial charge in [0.1, 0.15) is 0 Å². The summed E-state index contributed by atoms with van der Waals surface area (Å²) in [5, 5.41) is 61.6. The molecule has 0 unspecified atom stereocenters. The van der Waals surface area contributed by atoms with Gasteiger partial charge in [0, 0.05) is 11.6 Å². The molecule has 0 radical (unpaired) electrons. The number of benzene rings is 2. The molecular formula is C19H20ClN3O6. The third-order valence-corrected chi connectivity index (χ3v) is 5.37. The molecule has 6 N–H and O–H groups in total. The Kier molecular flexibility index (Phi) is 4.69. The summed E-state index contributed by atoms with van der Waals surface area (Å²) in [4.78, 5) is 5.04. The van der Waals surface area contributed by atoms with Crippen LogP contribution < -0.4 is 0 Å². The topological polar surface area (TPSA) is 142 Å². The van der Waals surface area contributed by atoms with Gasteiger partial charge in [0.15, 0.2) is 5.82 Å². The van der Waals surface area contributed by atoms with Gasteiger partial charge in [0.2, 0.25) is 11.6 Å². The molecule has 10 heteroatoms. The number of para-hydroxylation sites is 2. The van der Waals surface area contributed by atoms with Gasteiger partial charge >= 0.3 is 0 Å². The monoisotopic (exact) mass is 421 g/mol. The van der Waals surface area contributed by atoms with Crippen molar-refractivity contribution < 1.29 is 30.6 Å². The molecule has 2 heterocycles. The molecule has 9 nitrogen and oxygen atoms in total. The van der Waals surface area contributed by atoms with Gasteiger partial charge < -0.3 is 35.2 Å². The SMILES string of the molecule is OC(O)(c1nc2ccccc2n1Cc1ccc(Cl)cc1)N1CC(O)(O)C(O)(O)C1. The maximum Gasteiger partial charge on any atom is 0.287 e. The van der Waals surface area contributed by atoms with Gasteiger partial charge in [-0.15, -0.1) is 0 Å². The van der Waals surface area contributed by atoms with Crippen molar-refractivity contribution in [3.63, 3.8) is 0 Å². The van der Waals surface area contributed by atoms with Gasteiger partial charge in [0.25, 0.3) is 5.91 Å². The highest BCUT2D eigenvalue weighted by molar-refractivity contribution is 6.30. The molecule has 0 amide bonds. The number of β-amino-alcohol motifs (C(OH)–C–C–N with tert-alkyl or cyclic N) is 4. The number of halogens is 1. The summed E-state index contributed by atoms with van der Waals surface area (Å²) >= 11 is 5.93. The maximum absolute atomic E-state index is 10.9. The maximum atomic E-state index is 10.9. The average Bonchev–Trinajstić information content (AvgIpc) is 3.12. The van der Waals surface area contributed by atoms with Gasteiger partial charge in [-0.2, -0.15) is 0 Å². The first-order valence-corrected chi connectivity index (χ1v) is 9.18. The summed E-state index contributed by atoms with van der Waals surface area (Å²) in [6.45, 7) is -1.43. The average molecular weight is 422 g/mol. The molecule has 0 spiro atoms. The third-order valence-electron chi connectivity index (χ3n) is 5.11. The Morgan fingerprint density at radius 2 is 1.52 bits per heavy atom. The fourth-order valence-corrected chi connectivity index (χ4v) is 3.59. The van der Waals surface area contributed by atoms with Crippen LogP contribution in [-0.4, -0.2) is 69.8 Å². The molecular weight excluding hydrogens is 402 g/mol. The molecule has 0 saturated carbocycles. The first kappa shape index (κ1) is 20.2. The highest BCUT2D eigenvalue weighted by Crippen LogP contribution is 2.36. The quantitative estimate of drug-likeness (QED) is 0.310. The summed E-state index contributed by atoms with van der Waals surface area (Å²) in [5.41, 5.74) is 1.91. The van der Waals surface area contributed by atoms with Crippen LogP contribution in [0.4, 0.5) is 0 Å². The molecule has 0 bridgehead atoms. The number of hydrogen-bond acceptors (Lipinski definition) is 8. The second-order valence-electron chi connectivity index (χ2n) is 7.26. The molecule has 1 fully saturated rings. The predicted molar refractivity (Wildman–Crippen MR) is 102 cm³/mol. The molecule has 0 atom stereocenters. The normalized spacial score (nSPS) is 19.1. The van der Waals surface area contributed by atoms with E-state index in [1.54, 1.807) is 53.1 Å². The summed E-state index contributed by atoms with van der Waals surface area (Å²) in [6.07, 6.45) is 0. The minimum absolute atomic E-state index is 0.206. The van der Waals surface area contributed by atoms with Crippen LogP contribution >= 0.6 is 11.6 Å². The van der Waals surface area contributed by atoms with Crippen molar-refractivity contribution in [2.75, 3.05) is 13.1 Å². The second kappa shape index (κ2) is 6.73. The molecule has 1 aliphatic heterocycles. The summed E-state index contributed by atoms with van der Waals surface area (Å²) in [5.74, 6) is -8.91. The summed E-state index contributed by atoms with van der Waals surface area (Å²) in [7, 11) is 0. The zero-order valence-corrected chi connectivity index (χ0v) is 15.9. The molecule has 1 aliphatic rings. The lowest BCUT2D eigenvalue weighted by Crippen LogP contribution is -2.53. The molecule has 1 saturated heterocycles. The minimum atomic E-state index is -2.95. The first-order chi connectivity index (χ1) is 13.5. The molecule has 3 aromatic rings. The Labute approximate surface area is 170 Å². The van der Waals surface area contributed by atoms with Crippen molar-refractivity contribution >= 4 is 22.6 Å². The van der Waals surface area contributed by atoms with Crippen molar-refractivity contribution in [2.45, 2.75) is 24.0 Å². The number of likely N-dealkylation sites (tertiary alicyclic amines) is 1. The minimum Gasteiger partial charge on any atom is -0.360 e. The lowest BCUT2D eigenvalue weighted by molar-refractivity contribution is -0.328. The number of aromatic nitrogens is 2. The highest BCUT2D eigenvalue weighted by Gasteiger charge is 2.60. The van der Waals surface area contributed by atoms with Crippen LogP contribution in [0.2, 0.25) is 5.02 Å². The Bertz CT molecular complexity index is 1030. The summed E-state index contributed by atoms with van der Waals surface area (Å²) < 4.78 is 1.56. The van der Waals surface area contributed by atoms with Crippen LogP contribution in [0.25, 0.3) is 11.0 Å². The molecule has 4 rings (SSSR count). The zero-order valence-electron chi connectivity index (χ0n) is 15.1. The molecule has 154 valence electrons. The fraction of sp³-hybridized carbons (Fsp3) is 0.316. The second-order valence-corrected chi connectivity index (χ2v) is 7.70. The van der Waals surface area contributed by atoms with Gasteiger partial charge in [-0.3, -0.25) is 0 Å².